The molecule has 2 fully saturated rings. The summed E-state index contributed by atoms with van der Waals surface area (Å²) in [5.41, 5.74) is 0.491. The summed E-state index contributed by atoms with van der Waals surface area (Å²) in [7, 11) is 1.37. The molecule has 0 spiro atoms. The predicted molar refractivity (Wildman–Crippen MR) is 107 cm³/mol. The molecule has 1 saturated heterocycles. The highest BCUT2D eigenvalue weighted by Gasteiger charge is 2.24. The Morgan fingerprint density at radius 2 is 1.82 bits per heavy atom. The van der Waals surface area contributed by atoms with Crippen LogP contribution >= 0.6 is 0 Å². The zero-order chi connectivity index (χ0) is 19.8. The molecule has 28 heavy (non-hydrogen) atoms. The van der Waals surface area contributed by atoms with Crippen molar-refractivity contribution in [1.29, 1.82) is 0 Å². The van der Waals surface area contributed by atoms with E-state index in [4.69, 9.17) is 9.47 Å². The van der Waals surface area contributed by atoms with E-state index in [1.165, 1.54) is 39.2 Å². The number of amides is 1. The molecule has 6 nitrogen and oxygen atoms in total. The van der Waals surface area contributed by atoms with Gasteiger partial charge in [-0.15, -0.1) is 0 Å². The zero-order valence-electron chi connectivity index (χ0n) is 16.9. The van der Waals surface area contributed by atoms with E-state index in [0.29, 0.717) is 29.7 Å². The van der Waals surface area contributed by atoms with E-state index < -0.39 is 0 Å². The van der Waals surface area contributed by atoms with Crippen LogP contribution in [0.2, 0.25) is 0 Å². The maximum Gasteiger partial charge on any atom is 0.337 e. The first-order chi connectivity index (χ1) is 13.7. The molecular formula is C22H32N2O4. The van der Waals surface area contributed by atoms with Crippen LogP contribution in [0.25, 0.3) is 0 Å². The molecule has 3 rings (SSSR count). The van der Waals surface area contributed by atoms with Crippen LogP contribution < -0.4 is 4.74 Å². The minimum atomic E-state index is -0.362. The zero-order valence-corrected chi connectivity index (χ0v) is 16.9. The van der Waals surface area contributed by atoms with E-state index in [1.54, 1.807) is 18.2 Å². The fourth-order valence-corrected chi connectivity index (χ4v) is 4.11. The van der Waals surface area contributed by atoms with Crippen LogP contribution in [-0.4, -0.2) is 68.1 Å². The van der Waals surface area contributed by atoms with Gasteiger partial charge in [-0.25, -0.2) is 4.79 Å². The second kappa shape index (κ2) is 10.5. The molecule has 0 unspecified atom stereocenters. The number of methoxy groups -OCH3 is 1. The number of ether oxygens (including phenoxy) is 2. The summed E-state index contributed by atoms with van der Waals surface area (Å²) < 4.78 is 10.5. The molecule has 0 radical (unpaired) electrons. The lowest BCUT2D eigenvalue weighted by atomic mass is 9.86. The average Bonchev–Trinajstić information content (AvgIpc) is 2.74. The molecule has 1 aliphatic carbocycles. The second-order valence-corrected chi connectivity index (χ2v) is 7.80. The monoisotopic (exact) mass is 388 g/mol. The maximum atomic E-state index is 12.5. The highest BCUT2D eigenvalue weighted by atomic mass is 16.5. The van der Waals surface area contributed by atoms with Crippen LogP contribution in [0.4, 0.5) is 0 Å². The fraction of sp³-hybridized carbons (Fsp3) is 0.636. The van der Waals surface area contributed by atoms with Crippen molar-refractivity contribution in [3.63, 3.8) is 0 Å². The van der Waals surface area contributed by atoms with Crippen LogP contribution in [-0.2, 0) is 9.53 Å². The van der Waals surface area contributed by atoms with Gasteiger partial charge in [-0.2, -0.15) is 0 Å². The predicted octanol–water partition coefficient (Wildman–Crippen LogP) is 2.97. The molecule has 1 aromatic carbocycles. The molecule has 0 atom stereocenters. The number of piperazine rings is 1. The first-order valence-corrected chi connectivity index (χ1v) is 10.5. The quantitative estimate of drug-likeness (QED) is 0.672. The van der Waals surface area contributed by atoms with E-state index in [-0.39, 0.29) is 5.97 Å². The van der Waals surface area contributed by atoms with E-state index in [0.717, 1.165) is 39.1 Å². The van der Waals surface area contributed by atoms with Gasteiger partial charge in [0.2, 0.25) is 5.91 Å². The Labute approximate surface area is 167 Å². The summed E-state index contributed by atoms with van der Waals surface area (Å²) in [4.78, 5) is 28.5. The van der Waals surface area contributed by atoms with Crippen molar-refractivity contribution in [2.75, 3.05) is 46.4 Å². The van der Waals surface area contributed by atoms with Crippen molar-refractivity contribution in [2.24, 2.45) is 5.92 Å². The second-order valence-electron chi connectivity index (χ2n) is 7.80. The summed E-state index contributed by atoms with van der Waals surface area (Å²) in [6.07, 6.45) is 7.08. The summed E-state index contributed by atoms with van der Waals surface area (Å²) in [6, 6.07) is 7.04. The number of nitrogens with zero attached hydrogens (tertiary/aromatic N) is 2. The first-order valence-electron chi connectivity index (χ1n) is 10.5. The molecule has 1 heterocycles. The maximum absolute atomic E-state index is 12.5. The number of carbonyl (C=O) groups excluding carboxylic acids is 2. The van der Waals surface area contributed by atoms with Crippen molar-refractivity contribution < 1.29 is 19.1 Å². The lowest BCUT2D eigenvalue weighted by Gasteiger charge is -2.35. The highest BCUT2D eigenvalue weighted by Crippen LogP contribution is 2.27. The Morgan fingerprint density at radius 1 is 1.07 bits per heavy atom. The van der Waals surface area contributed by atoms with Gasteiger partial charge < -0.3 is 14.4 Å². The number of benzene rings is 1. The van der Waals surface area contributed by atoms with Gasteiger partial charge in [-0.3, -0.25) is 9.69 Å². The average molecular weight is 389 g/mol. The Morgan fingerprint density at radius 3 is 2.54 bits per heavy atom. The lowest BCUT2D eigenvalue weighted by Crippen LogP contribution is -2.49. The van der Waals surface area contributed by atoms with Crippen molar-refractivity contribution in [3.05, 3.63) is 29.8 Å². The largest absolute Gasteiger partial charge is 0.492 e. The van der Waals surface area contributed by atoms with Gasteiger partial charge in [0.25, 0.3) is 0 Å². The first kappa shape index (κ1) is 20.6. The highest BCUT2D eigenvalue weighted by molar-refractivity contribution is 5.89. The number of hydrogen-bond acceptors (Lipinski definition) is 5. The van der Waals surface area contributed by atoms with Crippen molar-refractivity contribution in [3.8, 4) is 5.75 Å². The molecule has 1 aromatic rings. The number of hydrogen-bond donors (Lipinski definition) is 0. The molecule has 1 amide bonds. The lowest BCUT2D eigenvalue weighted by molar-refractivity contribution is -0.134. The number of rotatable bonds is 7. The van der Waals surface area contributed by atoms with E-state index in [1.807, 2.05) is 11.0 Å². The molecule has 0 bridgehead atoms. The smallest absolute Gasteiger partial charge is 0.337 e. The van der Waals surface area contributed by atoms with Crippen LogP contribution in [0.15, 0.2) is 24.3 Å². The molecule has 0 aromatic heterocycles. The van der Waals surface area contributed by atoms with Crippen molar-refractivity contribution >= 4 is 11.9 Å². The Kier molecular flexibility index (Phi) is 7.71. The minimum Gasteiger partial charge on any atom is -0.492 e. The van der Waals surface area contributed by atoms with Gasteiger partial charge in [0.1, 0.15) is 12.4 Å². The molecule has 1 saturated carbocycles. The van der Waals surface area contributed by atoms with Crippen LogP contribution in [0.1, 0.15) is 48.9 Å². The molecular weight excluding hydrogens is 356 g/mol. The number of esters is 1. The van der Waals surface area contributed by atoms with Gasteiger partial charge >= 0.3 is 5.97 Å². The molecule has 0 N–H and O–H groups in total. The third kappa shape index (κ3) is 5.96. The van der Waals surface area contributed by atoms with Crippen LogP contribution in [0, 0.1) is 5.92 Å². The Hall–Kier alpha value is -2.08. The molecule has 1 aliphatic heterocycles. The summed E-state index contributed by atoms with van der Waals surface area (Å²) in [5.74, 6) is 1.25. The van der Waals surface area contributed by atoms with Crippen molar-refractivity contribution in [2.45, 2.75) is 38.5 Å². The normalized spacial score (nSPS) is 18.7. The van der Waals surface area contributed by atoms with E-state index in [2.05, 4.69) is 4.90 Å². The van der Waals surface area contributed by atoms with Crippen LogP contribution in [0.3, 0.4) is 0 Å². The summed E-state index contributed by atoms with van der Waals surface area (Å²) in [5, 5.41) is 0. The fourth-order valence-electron chi connectivity index (χ4n) is 4.11. The molecule has 6 heteroatoms. The van der Waals surface area contributed by atoms with Gasteiger partial charge in [0.15, 0.2) is 0 Å². The molecule has 154 valence electrons. The van der Waals surface area contributed by atoms with Crippen LogP contribution in [0.5, 0.6) is 5.75 Å². The van der Waals surface area contributed by atoms with Gasteiger partial charge in [-0.05, 0) is 37.0 Å². The third-order valence-corrected chi connectivity index (χ3v) is 5.84. The van der Waals surface area contributed by atoms with E-state index >= 15 is 0 Å². The minimum absolute atomic E-state index is 0.336. The number of carbonyl (C=O) groups is 2. The summed E-state index contributed by atoms with van der Waals surface area (Å²) >= 11 is 0. The van der Waals surface area contributed by atoms with Gasteiger partial charge in [0.05, 0.1) is 12.7 Å². The topological polar surface area (TPSA) is 59.1 Å². The van der Waals surface area contributed by atoms with Crippen molar-refractivity contribution in [1.82, 2.24) is 9.80 Å². The standard InChI is InChI=1S/C22H32N2O4/c1-27-22(26)19-8-5-9-20(17-19)28-15-14-23-10-12-24(13-11-23)21(25)16-18-6-3-2-4-7-18/h5,8-9,17-18H,2-4,6-7,10-16H2,1H3. The van der Waals surface area contributed by atoms with Gasteiger partial charge in [-0.1, -0.05) is 25.3 Å². The van der Waals surface area contributed by atoms with E-state index in [9.17, 15) is 9.59 Å². The summed E-state index contributed by atoms with van der Waals surface area (Å²) in [6.45, 7) is 4.77. The third-order valence-electron chi connectivity index (χ3n) is 5.84. The van der Waals surface area contributed by atoms with Gasteiger partial charge in [0, 0.05) is 39.1 Å². The SMILES string of the molecule is COC(=O)c1cccc(OCCN2CCN(C(=O)CC3CCCCC3)CC2)c1. The Bertz CT molecular complexity index is 650. The molecule has 2 aliphatic rings. The Balaban J connectivity index is 1.35.